The Morgan fingerprint density at radius 1 is 1.61 bits per heavy atom. The van der Waals surface area contributed by atoms with Gasteiger partial charge in [-0.2, -0.15) is 5.26 Å². The molecule has 1 saturated heterocycles. The van der Waals surface area contributed by atoms with Crippen molar-refractivity contribution in [3.05, 3.63) is 33.7 Å². The second-order valence-corrected chi connectivity index (χ2v) is 4.43. The third kappa shape index (κ3) is 2.35. The number of likely N-dealkylation sites (tertiary alicyclic amines) is 1. The first kappa shape index (κ1) is 12.2. The molecule has 1 aliphatic heterocycles. The number of nitrogens with one attached hydrogen (secondary N) is 1. The van der Waals surface area contributed by atoms with Gasteiger partial charge in [0.2, 0.25) is 0 Å². The van der Waals surface area contributed by atoms with Gasteiger partial charge in [0.25, 0.3) is 11.5 Å². The molecule has 1 atom stereocenters. The van der Waals surface area contributed by atoms with Crippen molar-refractivity contribution < 1.29 is 4.79 Å². The molecule has 2 heterocycles. The van der Waals surface area contributed by atoms with E-state index in [2.05, 4.69) is 11.2 Å². The van der Waals surface area contributed by atoms with Crippen LogP contribution in [0.25, 0.3) is 0 Å². The van der Waals surface area contributed by atoms with Crippen molar-refractivity contribution in [3.63, 3.8) is 0 Å². The largest absolute Gasteiger partial charge is 0.365 e. The maximum Gasteiger partial charge on any atom is 0.260 e. The molecule has 18 heavy (non-hydrogen) atoms. The van der Waals surface area contributed by atoms with Crippen LogP contribution in [0.2, 0.25) is 0 Å². The highest BCUT2D eigenvalue weighted by Crippen LogP contribution is 2.25. The molecule has 1 aromatic heterocycles. The topological polar surface area (TPSA) is 103 Å². The van der Waals surface area contributed by atoms with E-state index >= 15 is 0 Å². The van der Waals surface area contributed by atoms with Crippen molar-refractivity contribution in [1.29, 1.82) is 5.26 Å². The van der Waals surface area contributed by atoms with Gasteiger partial charge in [-0.1, -0.05) is 0 Å². The number of hydrogen-bond acceptors (Lipinski definition) is 4. The summed E-state index contributed by atoms with van der Waals surface area (Å²) in [6.45, 7) is 1.37. The van der Waals surface area contributed by atoms with Gasteiger partial charge in [-0.05, 0) is 24.5 Å². The number of piperidine rings is 1. The number of nitriles is 1. The molecule has 0 bridgehead atoms. The van der Waals surface area contributed by atoms with E-state index in [1.165, 1.54) is 6.07 Å². The summed E-state index contributed by atoms with van der Waals surface area (Å²) >= 11 is 0. The van der Waals surface area contributed by atoms with Crippen LogP contribution in [0.15, 0.2) is 17.1 Å². The molecule has 94 valence electrons. The Labute approximate surface area is 104 Å². The number of pyridine rings is 1. The van der Waals surface area contributed by atoms with E-state index in [1.54, 1.807) is 11.1 Å². The fourth-order valence-electron chi connectivity index (χ4n) is 2.26. The number of carbonyl (C=O) groups is 1. The number of carbonyl (C=O) groups excluding carboxylic acids is 1. The smallest absolute Gasteiger partial charge is 0.260 e. The van der Waals surface area contributed by atoms with E-state index < -0.39 is 11.5 Å². The van der Waals surface area contributed by atoms with Crippen LogP contribution in [0.3, 0.4) is 0 Å². The Kier molecular flexibility index (Phi) is 3.33. The van der Waals surface area contributed by atoms with Gasteiger partial charge in [0.1, 0.15) is 5.56 Å². The lowest BCUT2D eigenvalue weighted by molar-refractivity contribution is 0.0998. The van der Waals surface area contributed by atoms with Gasteiger partial charge in [-0.15, -0.1) is 0 Å². The molecule has 0 saturated carbocycles. The maximum absolute atomic E-state index is 11.4. The van der Waals surface area contributed by atoms with Crippen molar-refractivity contribution in [1.82, 2.24) is 9.88 Å². The van der Waals surface area contributed by atoms with Gasteiger partial charge in [0.05, 0.1) is 0 Å². The lowest BCUT2D eigenvalue weighted by Crippen LogP contribution is -2.31. The summed E-state index contributed by atoms with van der Waals surface area (Å²) in [6, 6.07) is 1.53. The Hall–Kier alpha value is -2.29. The summed E-state index contributed by atoms with van der Waals surface area (Å²) in [6.07, 6.45) is 5.57. The number of primary amides is 1. The van der Waals surface area contributed by atoms with Crippen LogP contribution < -0.4 is 11.3 Å². The lowest BCUT2D eigenvalue weighted by atomic mass is 9.91. The Morgan fingerprint density at radius 3 is 3.06 bits per heavy atom. The molecule has 1 aliphatic rings. The number of amides is 1. The van der Waals surface area contributed by atoms with E-state index in [0.29, 0.717) is 6.54 Å². The number of aromatic amines is 1. The first-order valence-electron chi connectivity index (χ1n) is 5.79. The predicted molar refractivity (Wildman–Crippen MR) is 64.7 cm³/mol. The third-order valence-corrected chi connectivity index (χ3v) is 3.23. The van der Waals surface area contributed by atoms with E-state index in [4.69, 9.17) is 11.0 Å². The van der Waals surface area contributed by atoms with E-state index in [1.807, 2.05) is 0 Å². The van der Waals surface area contributed by atoms with Gasteiger partial charge in [-0.3, -0.25) is 9.59 Å². The zero-order valence-corrected chi connectivity index (χ0v) is 9.85. The van der Waals surface area contributed by atoms with Crippen LogP contribution in [0.5, 0.6) is 0 Å². The van der Waals surface area contributed by atoms with Crippen molar-refractivity contribution in [3.8, 4) is 6.19 Å². The molecule has 0 aromatic carbocycles. The first-order valence-corrected chi connectivity index (χ1v) is 5.79. The van der Waals surface area contributed by atoms with Crippen molar-refractivity contribution in [2.45, 2.75) is 18.8 Å². The SMILES string of the molecule is N#CN1CCC[C@@H](c2c[nH]c(=O)c(C(N)=O)c2)C1. The number of nitrogens with two attached hydrogens (primary N) is 1. The van der Waals surface area contributed by atoms with E-state index in [9.17, 15) is 9.59 Å². The molecule has 0 aliphatic carbocycles. The molecule has 0 radical (unpaired) electrons. The van der Waals surface area contributed by atoms with Gasteiger partial charge < -0.3 is 15.6 Å². The number of hydrogen-bond donors (Lipinski definition) is 2. The average Bonchev–Trinajstić information content (AvgIpc) is 2.39. The molecule has 0 unspecified atom stereocenters. The molecule has 2 rings (SSSR count). The number of nitrogens with zero attached hydrogens (tertiary/aromatic N) is 2. The highest BCUT2D eigenvalue weighted by Gasteiger charge is 2.21. The predicted octanol–water partition coefficient (Wildman–Crippen LogP) is 0.134. The van der Waals surface area contributed by atoms with Crippen LogP contribution >= 0.6 is 0 Å². The summed E-state index contributed by atoms with van der Waals surface area (Å²) in [4.78, 5) is 26.7. The Morgan fingerprint density at radius 2 is 2.39 bits per heavy atom. The summed E-state index contributed by atoms with van der Waals surface area (Å²) in [5.74, 6) is -0.584. The fraction of sp³-hybridized carbons (Fsp3) is 0.417. The minimum absolute atomic E-state index is 0.0263. The molecule has 1 fully saturated rings. The van der Waals surface area contributed by atoms with Crippen LogP contribution in [-0.4, -0.2) is 28.9 Å². The molecule has 0 spiro atoms. The third-order valence-electron chi connectivity index (χ3n) is 3.23. The standard InChI is InChI=1S/C12H14N4O2/c13-7-16-3-1-2-8(6-16)9-4-10(11(14)17)12(18)15-5-9/h4-5,8H,1-3,6H2,(H2,14,17)(H,15,18)/t8-/m1/s1. The van der Waals surface area contributed by atoms with E-state index in [0.717, 1.165) is 24.9 Å². The maximum atomic E-state index is 11.4. The highest BCUT2D eigenvalue weighted by molar-refractivity contribution is 5.92. The minimum atomic E-state index is -0.731. The molecule has 6 heteroatoms. The van der Waals surface area contributed by atoms with E-state index in [-0.39, 0.29) is 11.5 Å². The quantitative estimate of drug-likeness (QED) is 0.724. The summed E-state index contributed by atoms with van der Waals surface area (Å²) in [5, 5.41) is 8.89. The average molecular weight is 246 g/mol. The van der Waals surface area contributed by atoms with Crippen molar-refractivity contribution in [2.24, 2.45) is 5.73 Å². The summed E-state index contributed by atoms with van der Waals surface area (Å²) in [5.41, 5.74) is 5.50. The zero-order chi connectivity index (χ0) is 13.1. The monoisotopic (exact) mass is 246 g/mol. The Balaban J connectivity index is 2.29. The molecule has 1 amide bonds. The second-order valence-electron chi connectivity index (χ2n) is 4.43. The molecular formula is C12H14N4O2. The fourth-order valence-corrected chi connectivity index (χ4v) is 2.26. The van der Waals surface area contributed by atoms with Crippen LogP contribution in [0.1, 0.15) is 34.7 Å². The van der Waals surface area contributed by atoms with Gasteiger partial charge in [0.15, 0.2) is 6.19 Å². The second kappa shape index (κ2) is 4.92. The van der Waals surface area contributed by atoms with Crippen molar-refractivity contribution >= 4 is 5.91 Å². The number of rotatable bonds is 2. The number of aromatic nitrogens is 1. The molecular weight excluding hydrogens is 232 g/mol. The molecule has 3 N–H and O–H groups in total. The summed E-state index contributed by atoms with van der Waals surface area (Å²) in [7, 11) is 0. The van der Waals surface area contributed by atoms with Gasteiger partial charge >= 0.3 is 0 Å². The normalized spacial score (nSPS) is 19.3. The van der Waals surface area contributed by atoms with Gasteiger partial charge in [0, 0.05) is 25.2 Å². The summed E-state index contributed by atoms with van der Waals surface area (Å²) < 4.78 is 0. The first-order chi connectivity index (χ1) is 8.61. The molecule has 1 aromatic rings. The van der Waals surface area contributed by atoms with Crippen LogP contribution in [0, 0.1) is 11.5 Å². The zero-order valence-electron chi connectivity index (χ0n) is 9.85. The lowest BCUT2D eigenvalue weighted by Gasteiger charge is -2.28. The van der Waals surface area contributed by atoms with Gasteiger partial charge in [-0.25, -0.2) is 0 Å². The highest BCUT2D eigenvalue weighted by atomic mass is 16.2. The number of H-pyrrole nitrogens is 1. The minimum Gasteiger partial charge on any atom is -0.365 e. The Bertz CT molecular complexity index is 558. The molecule has 6 nitrogen and oxygen atoms in total. The van der Waals surface area contributed by atoms with Crippen molar-refractivity contribution in [2.75, 3.05) is 13.1 Å². The van der Waals surface area contributed by atoms with Crippen LogP contribution in [0.4, 0.5) is 0 Å². The van der Waals surface area contributed by atoms with Crippen LogP contribution in [-0.2, 0) is 0 Å².